The van der Waals surface area contributed by atoms with Crippen molar-refractivity contribution in [3.63, 3.8) is 0 Å². The van der Waals surface area contributed by atoms with Crippen LogP contribution in [0, 0.1) is 17.0 Å². The van der Waals surface area contributed by atoms with Gasteiger partial charge in [-0.15, -0.1) is 0 Å². The van der Waals surface area contributed by atoms with Gasteiger partial charge in [-0.1, -0.05) is 59.2 Å². The molecule has 0 fully saturated rings. The van der Waals surface area contributed by atoms with Gasteiger partial charge in [0.2, 0.25) is 0 Å². The summed E-state index contributed by atoms with van der Waals surface area (Å²) in [6.45, 7) is 10.8. The van der Waals surface area contributed by atoms with Crippen molar-refractivity contribution in [2.75, 3.05) is 7.11 Å². The SMILES string of the molecule is CC.CCCC(C)(C)Cc1cc(COc2cc(F)cc(CCC(=O)O)c2)ccc1-c1cc(OC)ccc1F. The van der Waals surface area contributed by atoms with Gasteiger partial charge >= 0.3 is 5.97 Å². The van der Waals surface area contributed by atoms with Gasteiger partial charge in [0.1, 0.15) is 29.7 Å². The van der Waals surface area contributed by atoms with E-state index >= 15 is 0 Å². The van der Waals surface area contributed by atoms with Crippen LogP contribution in [0.25, 0.3) is 11.1 Å². The van der Waals surface area contributed by atoms with Gasteiger partial charge in [0.05, 0.1) is 7.11 Å². The summed E-state index contributed by atoms with van der Waals surface area (Å²) >= 11 is 0. The second-order valence-corrected chi connectivity index (χ2v) is 9.91. The van der Waals surface area contributed by atoms with Gasteiger partial charge < -0.3 is 14.6 Å². The summed E-state index contributed by atoms with van der Waals surface area (Å²) in [5, 5.41) is 8.90. The Morgan fingerprint density at radius 1 is 0.921 bits per heavy atom. The summed E-state index contributed by atoms with van der Waals surface area (Å²) in [7, 11) is 1.56. The van der Waals surface area contributed by atoms with Crippen LogP contribution in [-0.4, -0.2) is 18.2 Å². The van der Waals surface area contributed by atoms with Crippen LogP contribution >= 0.6 is 0 Å². The highest BCUT2D eigenvalue weighted by Gasteiger charge is 2.21. The minimum absolute atomic E-state index is 0.0138. The van der Waals surface area contributed by atoms with E-state index in [-0.39, 0.29) is 30.7 Å². The van der Waals surface area contributed by atoms with Crippen molar-refractivity contribution < 1.29 is 28.2 Å². The maximum Gasteiger partial charge on any atom is 0.303 e. The summed E-state index contributed by atoms with van der Waals surface area (Å²) in [5.74, 6) is -0.803. The van der Waals surface area contributed by atoms with Crippen LogP contribution in [0.3, 0.4) is 0 Å². The zero-order chi connectivity index (χ0) is 28.3. The number of hydrogen-bond acceptors (Lipinski definition) is 3. The number of aliphatic carboxylic acids is 1. The first-order valence-corrected chi connectivity index (χ1v) is 13.2. The third kappa shape index (κ3) is 9.16. The van der Waals surface area contributed by atoms with Crippen molar-refractivity contribution in [2.45, 2.75) is 73.3 Å². The van der Waals surface area contributed by atoms with E-state index in [0.29, 0.717) is 22.6 Å². The molecule has 4 nitrogen and oxygen atoms in total. The van der Waals surface area contributed by atoms with E-state index in [2.05, 4.69) is 20.8 Å². The van der Waals surface area contributed by atoms with Crippen molar-refractivity contribution in [2.24, 2.45) is 5.41 Å². The molecule has 0 saturated carbocycles. The first-order valence-electron chi connectivity index (χ1n) is 13.2. The summed E-state index contributed by atoms with van der Waals surface area (Å²) < 4.78 is 40.1. The molecule has 0 saturated heterocycles. The molecule has 0 atom stereocenters. The minimum atomic E-state index is -0.937. The van der Waals surface area contributed by atoms with Gasteiger partial charge in [0, 0.05) is 18.1 Å². The van der Waals surface area contributed by atoms with Crippen molar-refractivity contribution in [3.05, 3.63) is 82.9 Å². The highest BCUT2D eigenvalue weighted by molar-refractivity contribution is 5.70. The molecule has 206 valence electrons. The van der Waals surface area contributed by atoms with Gasteiger partial charge in [0.15, 0.2) is 0 Å². The Bertz CT molecular complexity index is 1200. The third-order valence-electron chi connectivity index (χ3n) is 6.19. The maximum absolute atomic E-state index is 14.9. The van der Waals surface area contributed by atoms with Crippen molar-refractivity contribution in [1.29, 1.82) is 0 Å². The molecule has 0 spiro atoms. The topological polar surface area (TPSA) is 55.8 Å². The van der Waals surface area contributed by atoms with Crippen LogP contribution in [0.4, 0.5) is 8.78 Å². The zero-order valence-corrected chi connectivity index (χ0v) is 23.4. The summed E-state index contributed by atoms with van der Waals surface area (Å²) in [4.78, 5) is 10.9. The maximum atomic E-state index is 14.9. The number of carbonyl (C=O) groups is 1. The first-order chi connectivity index (χ1) is 18.1. The highest BCUT2D eigenvalue weighted by atomic mass is 19.1. The third-order valence-corrected chi connectivity index (χ3v) is 6.19. The monoisotopic (exact) mass is 526 g/mol. The number of halogens is 2. The van der Waals surface area contributed by atoms with Gasteiger partial charge in [0.25, 0.3) is 0 Å². The molecule has 1 N–H and O–H groups in total. The Hall–Kier alpha value is -3.41. The quantitative estimate of drug-likeness (QED) is 0.257. The number of aryl methyl sites for hydroxylation is 1. The Kier molecular flexibility index (Phi) is 11.8. The first kappa shape index (κ1) is 30.8. The predicted octanol–water partition coefficient (Wildman–Crippen LogP) is 8.63. The molecule has 0 unspecified atom stereocenters. The normalized spacial score (nSPS) is 10.9. The molecule has 0 aliphatic rings. The van der Waals surface area contributed by atoms with Crippen molar-refractivity contribution in [1.82, 2.24) is 0 Å². The van der Waals surface area contributed by atoms with Crippen molar-refractivity contribution >= 4 is 5.97 Å². The fraction of sp³-hybridized carbons (Fsp3) is 0.406. The Morgan fingerprint density at radius 3 is 2.32 bits per heavy atom. The molecule has 0 amide bonds. The largest absolute Gasteiger partial charge is 0.497 e. The summed E-state index contributed by atoms with van der Waals surface area (Å²) in [6, 6.07) is 14.8. The minimum Gasteiger partial charge on any atom is -0.497 e. The summed E-state index contributed by atoms with van der Waals surface area (Å²) in [6.07, 6.45) is 2.96. The molecule has 0 aliphatic carbocycles. The van der Waals surface area contributed by atoms with E-state index in [1.807, 2.05) is 32.0 Å². The lowest BCUT2D eigenvalue weighted by atomic mass is 9.79. The Morgan fingerprint density at radius 2 is 1.66 bits per heavy atom. The van der Waals surface area contributed by atoms with E-state index in [1.54, 1.807) is 25.3 Å². The van der Waals surface area contributed by atoms with Gasteiger partial charge in [-0.05, 0) is 77.3 Å². The summed E-state index contributed by atoms with van der Waals surface area (Å²) in [5.41, 5.74) is 3.75. The molecule has 3 aromatic rings. The van der Waals surface area contributed by atoms with Crippen molar-refractivity contribution in [3.8, 4) is 22.6 Å². The average molecular weight is 527 g/mol. The van der Waals surface area contributed by atoms with E-state index < -0.39 is 11.8 Å². The Labute approximate surface area is 225 Å². The number of carboxylic acids is 1. The van der Waals surface area contributed by atoms with E-state index in [9.17, 15) is 13.6 Å². The lowest BCUT2D eigenvalue weighted by molar-refractivity contribution is -0.136. The number of hydrogen-bond donors (Lipinski definition) is 1. The van der Waals surface area contributed by atoms with Crippen LogP contribution < -0.4 is 9.47 Å². The fourth-order valence-corrected chi connectivity index (χ4v) is 4.53. The van der Waals surface area contributed by atoms with Crippen LogP contribution in [-0.2, 0) is 24.2 Å². The van der Waals surface area contributed by atoms with Gasteiger partial charge in [-0.25, -0.2) is 8.78 Å². The van der Waals surface area contributed by atoms with Crippen LogP contribution in [0.1, 0.15) is 70.6 Å². The molecule has 0 aliphatic heterocycles. The number of ether oxygens (including phenoxy) is 2. The number of methoxy groups -OCH3 is 1. The predicted molar refractivity (Wildman–Crippen MR) is 149 cm³/mol. The smallest absolute Gasteiger partial charge is 0.303 e. The zero-order valence-electron chi connectivity index (χ0n) is 23.4. The molecule has 0 radical (unpaired) electrons. The second kappa shape index (κ2) is 14.5. The molecule has 3 aromatic carbocycles. The highest BCUT2D eigenvalue weighted by Crippen LogP contribution is 2.36. The number of carboxylic acid groups (broad SMARTS) is 1. The standard InChI is InChI=1S/C30H34F2O4.C2H6/c1-5-12-30(2,3)18-22-13-21(6-9-26(22)27-17-24(35-4)8-10-28(27)32)19-36-25-15-20(7-11-29(33)34)14-23(31)16-25;1-2/h6,8-10,13-17H,5,7,11-12,18-19H2,1-4H3,(H,33,34);1-2H3. The molecule has 0 bridgehead atoms. The fourth-order valence-electron chi connectivity index (χ4n) is 4.53. The Balaban J connectivity index is 0.00000247. The van der Waals surface area contributed by atoms with Crippen LogP contribution in [0.15, 0.2) is 54.6 Å². The number of benzene rings is 3. The molecule has 3 rings (SSSR count). The molecule has 0 heterocycles. The average Bonchev–Trinajstić information content (AvgIpc) is 2.87. The number of rotatable bonds is 12. The van der Waals surface area contributed by atoms with Gasteiger partial charge in [-0.2, -0.15) is 0 Å². The molecular formula is C32H40F2O4. The second-order valence-electron chi connectivity index (χ2n) is 9.91. The molecule has 38 heavy (non-hydrogen) atoms. The lowest BCUT2D eigenvalue weighted by Gasteiger charge is -2.26. The van der Waals surface area contributed by atoms with Gasteiger partial charge in [-0.3, -0.25) is 4.79 Å². The van der Waals surface area contributed by atoms with Crippen LogP contribution in [0.5, 0.6) is 11.5 Å². The lowest BCUT2D eigenvalue weighted by Crippen LogP contribution is -2.15. The molecule has 6 heteroatoms. The molecule has 0 aromatic heterocycles. The van der Waals surface area contributed by atoms with E-state index in [0.717, 1.165) is 36.0 Å². The molecular weight excluding hydrogens is 486 g/mol. The van der Waals surface area contributed by atoms with E-state index in [4.69, 9.17) is 14.6 Å². The van der Waals surface area contributed by atoms with Crippen LogP contribution in [0.2, 0.25) is 0 Å². The van der Waals surface area contributed by atoms with E-state index in [1.165, 1.54) is 18.2 Å².